The predicted molar refractivity (Wildman–Crippen MR) is 149 cm³/mol. The van der Waals surface area contributed by atoms with Crippen LogP contribution in [0.2, 0.25) is 5.15 Å². The Morgan fingerprint density at radius 3 is 2.32 bits per heavy atom. The van der Waals surface area contributed by atoms with Crippen LogP contribution < -0.4 is 10.6 Å². The fourth-order valence-electron chi connectivity index (χ4n) is 6.32. The fraction of sp³-hybridized carbons (Fsp3) is 0.333. The number of hydrogen-bond acceptors (Lipinski definition) is 4. The lowest BCUT2D eigenvalue weighted by Gasteiger charge is -2.08. The van der Waals surface area contributed by atoms with Gasteiger partial charge in [0.2, 0.25) is 0 Å². The third-order valence-electron chi connectivity index (χ3n) is 8.51. The molecule has 0 radical (unpaired) electrons. The number of aromatic nitrogens is 4. The van der Waals surface area contributed by atoms with Gasteiger partial charge in [0.15, 0.2) is 0 Å². The molecule has 4 heterocycles. The number of piperidine rings is 1. The molecule has 0 amide bonds. The average molecular weight is 509 g/mol. The molecule has 37 heavy (non-hydrogen) atoms. The Kier molecular flexibility index (Phi) is 4.82. The van der Waals surface area contributed by atoms with Crippen LogP contribution in [0.25, 0.3) is 44.2 Å². The number of nitrogens with one attached hydrogen (secondary N) is 4. The van der Waals surface area contributed by atoms with Gasteiger partial charge in [-0.05, 0) is 83.8 Å². The van der Waals surface area contributed by atoms with Crippen molar-refractivity contribution in [3.63, 3.8) is 0 Å². The summed E-state index contributed by atoms with van der Waals surface area (Å²) >= 11 is 6.59. The van der Waals surface area contributed by atoms with Gasteiger partial charge in [0.25, 0.3) is 0 Å². The van der Waals surface area contributed by atoms with Crippen molar-refractivity contribution < 1.29 is 0 Å². The second-order valence-corrected chi connectivity index (χ2v) is 11.7. The van der Waals surface area contributed by atoms with Gasteiger partial charge in [0.1, 0.15) is 22.5 Å². The molecular weight excluding hydrogens is 480 g/mol. The Labute approximate surface area is 220 Å². The summed E-state index contributed by atoms with van der Waals surface area (Å²) in [5, 5.41) is 10.2. The van der Waals surface area contributed by atoms with Crippen LogP contribution in [0, 0.1) is 11.8 Å². The van der Waals surface area contributed by atoms with E-state index in [4.69, 9.17) is 21.6 Å². The van der Waals surface area contributed by atoms with Gasteiger partial charge in [-0.3, -0.25) is 0 Å². The fourth-order valence-corrected chi connectivity index (χ4v) is 6.57. The average Bonchev–Trinajstić information content (AvgIpc) is 3.38. The summed E-state index contributed by atoms with van der Waals surface area (Å²) in [5.41, 5.74) is 6.36. The molecule has 3 aliphatic rings. The van der Waals surface area contributed by atoms with Crippen molar-refractivity contribution in [1.29, 1.82) is 0 Å². The minimum absolute atomic E-state index is 0.243. The van der Waals surface area contributed by atoms with Crippen molar-refractivity contribution in [2.45, 2.75) is 44.3 Å². The molecule has 4 N–H and O–H groups in total. The van der Waals surface area contributed by atoms with Crippen molar-refractivity contribution in [3.8, 4) is 22.4 Å². The molecule has 2 aliphatic heterocycles. The molecule has 2 aromatic heterocycles. The van der Waals surface area contributed by atoms with Gasteiger partial charge in [-0.1, -0.05) is 48.9 Å². The molecule has 2 saturated heterocycles. The zero-order valence-corrected chi connectivity index (χ0v) is 21.4. The molecule has 5 aromatic rings. The van der Waals surface area contributed by atoms with Crippen molar-refractivity contribution >= 4 is 33.4 Å². The van der Waals surface area contributed by atoms with E-state index in [-0.39, 0.29) is 6.04 Å². The van der Waals surface area contributed by atoms with Crippen LogP contribution in [-0.4, -0.2) is 32.5 Å². The summed E-state index contributed by atoms with van der Waals surface area (Å²) in [6.45, 7) is 3.28. The monoisotopic (exact) mass is 508 g/mol. The highest BCUT2D eigenvalue weighted by Crippen LogP contribution is 2.45. The normalized spacial score (nSPS) is 26.8. The number of H-pyrrole nitrogens is 2. The zero-order chi connectivity index (χ0) is 24.7. The minimum Gasteiger partial charge on any atom is -0.341 e. The van der Waals surface area contributed by atoms with Gasteiger partial charge in [-0.25, -0.2) is 9.97 Å². The van der Waals surface area contributed by atoms with E-state index in [0.29, 0.717) is 23.2 Å². The molecule has 186 valence electrons. The molecule has 5 atom stereocenters. The first kappa shape index (κ1) is 21.9. The first-order valence-corrected chi connectivity index (χ1v) is 13.7. The number of nitrogens with zero attached hydrogens (tertiary/aromatic N) is 2. The van der Waals surface area contributed by atoms with Crippen LogP contribution in [0.5, 0.6) is 0 Å². The number of halogens is 1. The molecular formula is C30H29ClN6. The summed E-state index contributed by atoms with van der Waals surface area (Å²) in [7, 11) is 0. The number of fused-ring (bicyclic) bond motifs is 3. The summed E-state index contributed by atoms with van der Waals surface area (Å²) in [5.74, 6) is 3.51. The van der Waals surface area contributed by atoms with Crippen molar-refractivity contribution in [3.05, 3.63) is 71.4 Å². The third kappa shape index (κ3) is 3.78. The molecule has 3 fully saturated rings. The topological polar surface area (TPSA) is 81.4 Å². The lowest BCUT2D eigenvalue weighted by atomic mass is 9.99. The van der Waals surface area contributed by atoms with Crippen LogP contribution in [0.15, 0.2) is 54.6 Å². The lowest BCUT2D eigenvalue weighted by molar-refractivity contribution is 0.544. The second kappa shape index (κ2) is 8.15. The molecule has 8 rings (SSSR count). The quantitative estimate of drug-likeness (QED) is 0.223. The Hall–Kier alpha value is -3.19. The van der Waals surface area contributed by atoms with E-state index >= 15 is 0 Å². The maximum Gasteiger partial charge on any atom is 0.134 e. The number of hydrogen-bond donors (Lipinski definition) is 4. The van der Waals surface area contributed by atoms with Crippen molar-refractivity contribution in [2.75, 3.05) is 6.54 Å². The van der Waals surface area contributed by atoms with Gasteiger partial charge in [0.05, 0.1) is 23.1 Å². The summed E-state index contributed by atoms with van der Waals surface area (Å²) < 4.78 is 0. The number of rotatable bonds is 4. The van der Waals surface area contributed by atoms with Gasteiger partial charge >= 0.3 is 0 Å². The van der Waals surface area contributed by atoms with Crippen LogP contribution in [0.1, 0.15) is 49.9 Å². The van der Waals surface area contributed by atoms with Crippen molar-refractivity contribution in [1.82, 2.24) is 30.6 Å². The lowest BCUT2D eigenvalue weighted by Crippen LogP contribution is -2.18. The van der Waals surface area contributed by atoms with E-state index in [1.807, 2.05) is 0 Å². The molecule has 0 bridgehead atoms. The number of benzene rings is 3. The molecule has 3 aromatic carbocycles. The third-order valence-corrected chi connectivity index (χ3v) is 8.79. The summed E-state index contributed by atoms with van der Waals surface area (Å²) in [6.07, 6.45) is 3.61. The van der Waals surface area contributed by atoms with Gasteiger partial charge < -0.3 is 20.6 Å². The van der Waals surface area contributed by atoms with Crippen LogP contribution in [0.3, 0.4) is 0 Å². The molecule has 1 aliphatic carbocycles. The molecule has 6 nitrogen and oxygen atoms in total. The molecule has 0 spiro atoms. The molecule has 0 unspecified atom stereocenters. The van der Waals surface area contributed by atoms with E-state index in [9.17, 15) is 0 Å². The van der Waals surface area contributed by atoms with E-state index < -0.39 is 0 Å². The molecule has 7 heteroatoms. The van der Waals surface area contributed by atoms with Crippen LogP contribution in [-0.2, 0) is 0 Å². The smallest absolute Gasteiger partial charge is 0.134 e. The first-order chi connectivity index (χ1) is 18.1. The Balaban J connectivity index is 1.08. The highest BCUT2D eigenvalue weighted by molar-refractivity contribution is 6.32. The van der Waals surface area contributed by atoms with Gasteiger partial charge in [0, 0.05) is 11.6 Å². The minimum atomic E-state index is 0.243. The number of aromatic amines is 2. The molecule has 1 saturated carbocycles. The number of imidazole rings is 2. The van der Waals surface area contributed by atoms with E-state index in [2.05, 4.69) is 82.1 Å². The van der Waals surface area contributed by atoms with E-state index in [1.165, 1.54) is 34.7 Å². The standard InChI is InChI=1S/C30H29ClN6/c1-15-8-25(32-14-15)29-36-27(28(31)37-29)20-5-4-16-9-17(2-3-18(16)10-20)19-6-7-22-24(11-19)35-30(34-22)26-13-21-12-23(21)33-26/h2-7,9-11,15,21,23,25-26,32-33H,8,12-14H2,1H3,(H,34,35)(H,36,37)/t15-,21-,23-,25+,26+/m1/s1. The zero-order valence-electron chi connectivity index (χ0n) is 20.7. The largest absolute Gasteiger partial charge is 0.341 e. The summed E-state index contributed by atoms with van der Waals surface area (Å²) in [4.78, 5) is 16.6. The highest BCUT2D eigenvalue weighted by Gasteiger charge is 2.46. The van der Waals surface area contributed by atoms with E-state index in [0.717, 1.165) is 52.8 Å². The van der Waals surface area contributed by atoms with Gasteiger partial charge in [-0.15, -0.1) is 0 Å². The van der Waals surface area contributed by atoms with Crippen LogP contribution >= 0.6 is 11.6 Å². The predicted octanol–water partition coefficient (Wildman–Crippen LogP) is 6.52. The summed E-state index contributed by atoms with van der Waals surface area (Å²) in [6, 6.07) is 20.9. The Morgan fingerprint density at radius 2 is 1.54 bits per heavy atom. The highest BCUT2D eigenvalue weighted by atomic mass is 35.5. The Morgan fingerprint density at radius 1 is 0.784 bits per heavy atom. The Bertz CT molecular complexity index is 1660. The second-order valence-electron chi connectivity index (χ2n) is 11.3. The first-order valence-electron chi connectivity index (χ1n) is 13.4. The SMILES string of the molecule is C[C@H]1CN[C@H](c2nc(-c3ccc4cc(-c5ccc6nc([C@@H]7C[C@H]8C[C@H]8N7)[nH]c6c5)ccc4c3)c(Cl)[nH]2)C1. The van der Waals surface area contributed by atoms with Crippen molar-refractivity contribution in [2.24, 2.45) is 11.8 Å². The van der Waals surface area contributed by atoms with Crippen LogP contribution in [0.4, 0.5) is 0 Å². The van der Waals surface area contributed by atoms with Gasteiger partial charge in [-0.2, -0.15) is 0 Å². The maximum atomic E-state index is 6.59. The van der Waals surface area contributed by atoms with E-state index in [1.54, 1.807) is 0 Å². The maximum absolute atomic E-state index is 6.59.